The molecule has 0 spiro atoms. The summed E-state index contributed by atoms with van der Waals surface area (Å²) < 4.78 is 7.15. The molecule has 6 nitrogen and oxygen atoms in total. The van der Waals surface area contributed by atoms with Gasteiger partial charge >= 0.3 is 0 Å². The van der Waals surface area contributed by atoms with E-state index in [1.165, 1.54) is 5.56 Å². The molecule has 0 unspecified atom stereocenters. The predicted molar refractivity (Wildman–Crippen MR) is 85.4 cm³/mol. The third kappa shape index (κ3) is 2.72. The number of anilines is 1. The van der Waals surface area contributed by atoms with Gasteiger partial charge in [0.1, 0.15) is 11.6 Å². The molecule has 3 rings (SSSR count). The van der Waals surface area contributed by atoms with Crippen molar-refractivity contribution in [1.29, 1.82) is 0 Å². The van der Waals surface area contributed by atoms with Gasteiger partial charge in [0.05, 0.1) is 7.11 Å². The molecular formula is C16H19N5O. The lowest BCUT2D eigenvalue weighted by Gasteiger charge is -2.16. The highest BCUT2D eigenvalue weighted by Crippen LogP contribution is 2.26. The minimum Gasteiger partial charge on any atom is -0.496 e. The van der Waals surface area contributed by atoms with E-state index < -0.39 is 0 Å². The third-order valence-electron chi connectivity index (χ3n) is 3.68. The Labute approximate surface area is 129 Å². The SMILES string of the molecule is COc1ccccc1[C@H](C)CNc1ccc2nnc(C)n2n1. The smallest absolute Gasteiger partial charge is 0.178 e. The van der Waals surface area contributed by atoms with E-state index in [0.717, 1.165) is 29.6 Å². The van der Waals surface area contributed by atoms with Crippen molar-refractivity contribution in [2.24, 2.45) is 0 Å². The highest BCUT2D eigenvalue weighted by molar-refractivity contribution is 5.44. The standard InChI is InChI=1S/C16H19N5O/c1-11(13-6-4-5-7-14(13)22-3)10-17-15-8-9-16-19-18-12(2)21(16)20-15/h4-9,11H,10H2,1-3H3,(H,17,20)/t11-/m1/s1. The van der Waals surface area contributed by atoms with Crippen molar-refractivity contribution >= 4 is 11.5 Å². The first-order chi connectivity index (χ1) is 10.7. The molecule has 0 amide bonds. The molecule has 0 aliphatic carbocycles. The highest BCUT2D eigenvalue weighted by atomic mass is 16.5. The monoisotopic (exact) mass is 297 g/mol. The molecule has 1 N–H and O–H groups in total. The van der Waals surface area contributed by atoms with E-state index in [-0.39, 0.29) is 0 Å². The van der Waals surface area contributed by atoms with Crippen LogP contribution in [0.3, 0.4) is 0 Å². The molecule has 22 heavy (non-hydrogen) atoms. The number of hydrogen-bond donors (Lipinski definition) is 1. The maximum absolute atomic E-state index is 5.42. The lowest BCUT2D eigenvalue weighted by Crippen LogP contribution is -2.12. The molecule has 0 saturated heterocycles. The molecular weight excluding hydrogens is 278 g/mol. The average molecular weight is 297 g/mol. The second-order valence-corrected chi connectivity index (χ2v) is 5.26. The van der Waals surface area contributed by atoms with Gasteiger partial charge in [-0.3, -0.25) is 0 Å². The summed E-state index contributed by atoms with van der Waals surface area (Å²) in [4.78, 5) is 0. The van der Waals surface area contributed by atoms with Crippen LogP contribution in [-0.4, -0.2) is 33.5 Å². The second-order valence-electron chi connectivity index (χ2n) is 5.26. The Hall–Kier alpha value is -2.63. The summed E-state index contributed by atoms with van der Waals surface area (Å²) >= 11 is 0. The van der Waals surface area contributed by atoms with Gasteiger partial charge in [-0.15, -0.1) is 15.3 Å². The Morgan fingerprint density at radius 2 is 2.00 bits per heavy atom. The van der Waals surface area contributed by atoms with Gasteiger partial charge in [0.25, 0.3) is 0 Å². The van der Waals surface area contributed by atoms with Crippen LogP contribution in [0.5, 0.6) is 5.75 Å². The predicted octanol–water partition coefficient (Wildman–Crippen LogP) is 2.66. The number of aromatic nitrogens is 4. The zero-order chi connectivity index (χ0) is 15.5. The van der Waals surface area contributed by atoms with E-state index in [2.05, 4.69) is 33.6 Å². The number of rotatable bonds is 5. The van der Waals surface area contributed by atoms with Gasteiger partial charge in [-0.1, -0.05) is 25.1 Å². The van der Waals surface area contributed by atoms with Crippen molar-refractivity contribution < 1.29 is 4.74 Å². The molecule has 6 heteroatoms. The largest absolute Gasteiger partial charge is 0.496 e. The lowest BCUT2D eigenvalue weighted by atomic mass is 10.00. The fourth-order valence-corrected chi connectivity index (χ4v) is 2.43. The molecule has 0 fully saturated rings. The molecule has 0 aliphatic heterocycles. The van der Waals surface area contributed by atoms with E-state index >= 15 is 0 Å². The van der Waals surface area contributed by atoms with Crippen molar-refractivity contribution in [3.63, 3.8) is 0 Å². The lowest BCUT2D eigenvalue weighted by molar-refractivity contribution is 0.407. The normalized spacial score (nSPS) is 12.3. The fraction of sp³-hybridized carbons (Fsp3) is 0.312. The van der Waals surface area contributed by atoms with Crippen LogP contribution < -0.4 is 10.1 Å². The molecule has 0 saturated carbocycles. The summed E-state index contributed by atoms with van der Waals surface area (Å²) in [5.74, 6) is 2.79. The molecule has 1 aromatic carbocycles. The van der Waals surface area contributed by atoms with Crippen LogP contribution >= 0.6 is 0 Å². The van der Waals surface area contributed by atoms with Gasteiger partial charge in [0, 0.05) is 12.5 Å². The van der Waals surface area contributed by atoms with Gasteiger partial charge in [-0.25, -0.2) is 0 Å². The number of aryl methyl sites for hydroxylation is 1. The third-order valence-corrected chi connectivity index (χ3v) is 3.68. The summed E-state index contributed by atoms with van der Waals surface area (Å²) in [5, 5.41) is 15.9. The van der Waals surface area contributed by atoms with Gasteiger partial charge in [-0.05, 0) is 30.7 Å². The number of para-hydroxylation sites is 1. The van der Waals surface area contributed by atoms with Crippen molar-refractivity contribution in [3.8, 4) is 5.75 Å². The highest BCUT2D eigenvalue weighted by Gasteiger charge is 2.11. The summed E-state index contributed by atoms with van der Waals surface area (Å²) in [6.45, 7) is 4.81. The van der Waals surface area contributed by atoms with Crippen LogP contribution in [0, 0.1) is 6.92 Å². The van der Waals surface area contributed by atoms with E-state index in [9.17, 15) is 0 Å². The van der Waals surface area contributed by atoms with Crippen LogP contribution in [0.2, 0.25) is 0 Å². The maximum Gasteiger partial charge on any atom is 0.178 e. The van der Waals surface area contributed by atoms with E-state index in [1.54, 1.807) is 11.6 Å². The van der Waals surface area contributed by atoms with E-state index in [4.69, 9.17) is 4.74 Å². The zero-order valence-corrected chi connectivity index (χ0v) is 12.9. The summed E-state index contributed by atoms with van der Waals surface area (Å²) in [6, 6.07) is 11.9. The first-order valence-electron chi connectivity index (χ1n) is 7.25. The summed E-state index contributed by atoms with van der Waals surface area (Å²) in [5.41, 5.74) is 1.93. The maximum atomic E-state index is 5.42. The van der Waals surface area contributed by atoms with Crippen LogP contribution in [0.15, 0.2) is 36.4 Å². The van der Waals surface area contributed by atoms with E-state index in [1.807, 2.05) is 37.3 Å². The zero-order valence-electron chi connectivity index (χ0n) is 12.9. The Balaban J connectivity index is 1.74. The number of ether oxygens (including phenoxy) is 1. The molecule has 114 valence electrons. The Bertz CT molecular complexity index is 783. The average Bonchev–Trinajstić information content (AvgIpc) is 2.93. The molecule has 2 heterocycles. The number of methoxy groups -OCH3 is 1. The summed E-state index contributed by atoms with van der Waals surface area (Å²) in [6.07, 6.45) is 0. The minimum atomic E-state index is 0.302. The molecule has 0 radical (unpaired) electrons. The first kappa shape index (κ1) is 14.3. The number of nitrogens with zero attached hydrogens (tertiary/aromatic N) is 4. The number of fused-ring (bicyclic) bond motifs is 1. The summed E-state index contributed by atoms with van der Waals surface area (Å²) in [7, 11) is 1.70. The van der Waals surface area contributed by atoms with Crippen LogP contribution in [0.4, 0.5) is 5.82 Å². The number of nitrogens with one attached hydrogen (secondary N) is 1. The molecule has 3 aromatic rings. The Morgan fingerprint density at radius 1 is 1.18 bits per heavy atom. The quantitative estimate of drug-likeness (QED) is 0.784. The molecule has 1 atom stereocenters. The Kier molecular flexibility index (Phi) is 3.91. The fourth-order valence-electron chi connectivity index (χ4n) is 2.43. The number of hydrogen-bond acceptors (Lipinski definition) is 5. The van der Waals surface area contributed by atoms with Crippen molar-refractivity contribution in [2.75, 3.05) is 19.0 Å². The molecule has 2 aromatic heterocycles. The van der Waals surface area contributed by atoms with Crippen molar-refractivity contribution in [1.82, 2.24) is 19.8 Å². The van der Waals surface area contributed by atoms with Gasteiger partial charge in [0.2, 0.25) is 0 Å². The molecule has 0 bridgehead atoms. The topological polar surface area (TPSA) is 64.3 Å². The van der Waals surface area contributed by atoms with Crippen molar-refractivity contribution in [2.45, 2.75) is 19.8 Å². The molecule has 0 aliphatic rings. The minimum absolute atomic E-state index is 0.302. The Morgan fingerprint density at radius 3 is 2.82 bits per heavy atom. The first-order valence-corrected chi connectivity index (χ1v) is 7.25. The number of benzene rings is 1. The van der Waals surface area contributed by atoms with Crippen LogP contribution in [-0.2, 0) is 0 Å². The van der Waals surface area contributed by atoms with Crippen LogP contribution in [0.25, 0.3) is 5.65 Å². The van der Waals surface area contributed by atoms with Crippen LogP contribution in [0.1, 0.15) is 24.2 Å². The van der Waals surface area contributed by atoms with Gasteiger partial charge < -0.3 is 10.1 Å². The second kappa shape index (κ2) is 6.01. The van der Waals surface area contributed by atoms with Gasteiger partial charge in [0.15, 0.2) is 11.5 Å². The van der Waals surface area contributed by atoms with E-state index in [0.29, 0.717) is 5.92 Å². The van der Waals surface area contributed by atoms with Gasteiger partial charge in [-0.2, -0.15) is 4.52 Å². The van der Waals surface area contributed by atoms with Crippen molar-refractivity contribution in [3.05, 3.63) is 47.8 Å².